The lowest BCUT2D eigenvalue weighted by Gasteiger charge is -2.29. The quantitative estimate of drug-likeness (QED) is 0.225. The number of aromatic nitrogens is 2. The van der Waals surface area contributed by atoms with Crippen molar-refractivity contribution in [2.45, 2.75) is 19.0 Å². The fourth-order valence-electron chi connectivity index (χ4n) is 4.96. The van der Waals surface area contributed by atoms with Crippen molar-refractivity contribution in [2.75, 3.05) is 12.0 Å². The molecule has 1 fully saturated rings. The first-order chi connectivity index (χ1) is 19.1. The van der Waals surface area contributed by atoms with E-state index in [-0.39, 0.29) is 12.1 Å². The van der Waals surface area contributed by atoms with E-state index < -0.39 is 0 Å². The molecule has 0 unspecified atom stereocenters. The summed E-state index contributed by atoms with van der Waals surface area (Å²) in [6.07, 6.45) is 3.89. The highest BCUT2D eigenvalue weighted by Crippen LogP contribution is 2.42. The number of hydrogen-bond donors (Lipinski definition) is 1. The largest absolute Gasteiger partial charge is 0.497 e. The number of ether oxygens (including phenoxy) is 2. The second-order valence-electron chi connectivity index (χ2n) is 9.41. The van der Waals surface area contributed by atoms with Crippen LogP contribution >= 0.6 is 12.2 Å². The highest BCUT2D eigenvalue weighted by Gasteiger charge is 2.42. The average Bonchev–Trinajstić information content (AvgIpc) is 3.59. The molecule has 1 aliphatic rings. The van der Waals surface area contributed by atoms with Crippen molar-refractivity contribution in [3.8, 4) is 22.9 Å². The van der Waals surface area contributed by atoms with E-state index in [0.717, 1.165) is 40.0 Å². The number of pyridine rings is 1. The van der Waals surface area contributed by atoms with Crippen LogP contribution in [0.1, 0.15) is 29.0 Å². The van der Waals surface area contributed by atoms with Crippen LogP contribution in [0.15, 0.2) is 116 Å². The summed E-state index contributed by atoms with van der Waals surface area (Å²) in [5, 5.41) is 4.19. The van der Waals surface area contributed by atoms with Gasteiger partial charge in [0.25, 0.3) is 0 Å². The first-order valence-electron chi connectivity index (χ1n) is 12.8. The van der Waals surface area contributed by atoms with Gasteiger partial charge in [0.2, 0.25) is 0 Å². The van der Waals surface area contributed by atoms with E-state index in [1.165, 1.54) is 5.56 Å². The highest BCUT2D eigenvalue weighted by molar-refractivity contribution is 7.80. The first kappa shape index (κ1) is 24.7. The Morgan fingerprint density at radius 2 is 1.44 bits per heavy atom. The zero-order valence-electron chi connectivity index (χ0n) is 21.7. The molecule has 1 aliphatic heterocycles. The van der Waals surface area contributed by atoms with Crippen molar-refractivity contribution >= 4 is 23.0 Å². The molecule has 3 aromatic carbocycles. The van der Waals surface area contributed by atoms with E-state index in [0.29, 0.717) is 5.11 Å². The number of rotatable bonds is 7. The third-order valence-electron chi connectivity index (χ3n) is 6.90. The molecule has 6 nitrogen and oxygen atoms in total. The van der Waals surface area contributed by atoms with Gasteiger partial charge in [-0.1, -0.05) is 23.8 Å². The first-order valence-corrected chi connectivity index (χ1v) is 13.2. The molecular formula is C32H28N4O2S. The van der Waals surface area contributed by atoms with Crippen molar-refractivity contribution in [2.24, 2.45) is 0 Å². The average molecular weight is 533 g/mol. The Labute approximate surface area is 233 Å². The van der Waals surface area contributed by atoms with Gasteiger partial charge in [-0.3, -0.25) is 4.98 Å². The van der Waals surface area contributed by atoms with Crippen molar-refractivity contribution in [1.29, 1.82) is 0 Å². The van der Waals surface area contributed by atoms with E-state index in [9.17, 15) is 0 Å². The van der Waals surface area contributed by atoms with Crippen LogP contribution in [0, 0.1) is 6.92 Å². The maximum absolute atomic E-state index is 6.07. The summed E-state index contributed by atoms with van der Waals surface area (Å²) in [5.41, 5.74) is 5.21. The molecule has 1 N–H and O–H groups in total. The Morgan fingerprint density at radius 1 is 0.769 bits per heavy atom. The van der Waals surface area contributed by atoms with Crippen molar-refractivity contribution < 1.29 is 9.47 Å². The molecule has 5 aromatic rings. The van der Waals surface area contributed by atoms with Crippen LogP contribution in [0.3, 0.4) is 0 Å². The zero-order chi connectivity index (χ0) is 26.8. The molecule has 0 aliphatic carbocycles. The van der Waals surface area contributed by atoms with E-state index in [2.05, 4.69) is 57.2 Å². The Balaban J connectivity index is 1.38. The number of methoxy groups -OCH3 is 1. The minimum atomic E-state index is -0.145. The van der Waals surface area contributed by atoms with Gasteiger partial charge in [0.15, 0.2) is 5.11 Å². The Hall–Kier alpha value is -4.62. The van der Waals surface area contributed by atoms with Gasteiger partial charge in [0.05, 0.1) is 18.8 Å². The van der Waals surface area contributed by atoms with Gasteiger partial charge in [-0.2, -0.15) is 0 Å². The predicted octanol–water partition coefficient (Wildman–Crippen LogP) is 7.16. The highest BCUT2D eigenvalue weighted by atomic mass is 32.1. The monoisotopic (exact) mass is 532 g/mol. The molecule has 2 atom stereocenters. The molecule has 1 saturated heterocycles. The fraction of sp³-hybridized carbons (Fsp3) is 0.125. The van der Waals surface area contributed by atoms with Gasteiger partial charge in [-0.25, -0.2) is 0 Å². The summed E-state index contributed by atoms with van der Waals surface area (Å²) in [5.74, 6) is 2.38. The van der Waals surface area contributed by atoms with Crippen molar-refractivity contribution in [1.82, 2.24) is 14.9 Å². The Kier molecular flexibility index (Phi) is 6.73. The molecule has 0 saturated carbocycles. The molecular weight excluding hydrogens is 504 g/mol. The minimum absolute atomic E-state index is 0.144. The van der Waals surface area contributed by atoms with Gasteiger partial charge in [0.1, 0.15) is 23.3 Å². The predicted molar refractivity (Wildman–Crippen MR) is 158 cm³/mol. The fourth-order valence-corrected chi connectivity index (χ4v) is 5.31. The van der Waals surface area contributed by atoms with E-state index in [4.69, 9.17) is 21.7 Å². The van der Waals surface area contributed by atoms with Gasteiger partial charge in [-0.15, -0.1) is 0 Å². The number of aryl methyl sites for hydroxylation is 1. The maximum Gasteiger partial charge on any atom is 0.174 e. The van der Waals surface area contributed by atoms with Crippen LogP contribution in [0.2, 0.25) is 0 Å². The lowest BCUT2D eigenvalue weighted by molar-refractivity contribution is 0.414. The summed E-state index contributed by atoms with van der Waals surface area (Å²) in [7, 11) is 1.67. The van der Waals surface area contributed by atoms with Gasteiger partial charge < -0.3 is 24.3 Å². The standard InChI is InChI=1S/C32H28N4O2S/c1-22-8-14-26(15-9-22)38-27-18-12-24(13-19-27)36-31(30(34-32(36)39)28-6-3-4-20-33-28)29-7-5-21-35(29)23-10-16-25(37-2)17-11-23/h3-21,30-31H,1-2H3,(H,34,39)/t30-,31+/m0/s1. The summed E-state index contributed by atoms with van der Waals surface area (Å²) >= 11 is 5.92. The number of nitrogens with one attached hydrogen (secondary N) is 1. The van der Waals surface area contributed by atoms with E-state index in [1.54, 1.807) is 7.11 Å². The number of hydrogen-bond acceptors (Lipinski definition) is 4. The lowest BCUT2D eigenvalue weighted by atomic mass is 10.0. The lowest BCUT2D eigenvalue weighted by Crippen LogP contribution is -2.30. The maximum atomic E-state index is 6.07. The molecule has 7 heteroatoms. The molecule has 194 valence electrons. The van der Waals surface area contributed by atoms with Crippen LogP contribution in [0.5, 0.6) is 17.2 Å². The van der Waals surface area contributed by atoms with Crippen LogP contribution in [-0.2, 0) is 0 Å². The zero-order valence-corrected chi connectivity index (χ0v) is 22.5. The summed E-state index contributed by atoms with van der Waals surface area (Å²) in [6.45, 7) is 2.06. The molecule has 0 bridgehead atoms. The van der Waals surface area contributed by atoms with Crippen LogP contribution in [0.4, 0.5) is 5.69 Å². The van der Waals surface area contributed by atoms with Gasteiger partial charge >= 0.3 is 0 Å². The summed E-state index contributed by atoms with van der Waals surface area (Å²) in [6, 6.07) is 34.0. The molecule has 6 rings (SSSR count). The Morgan fingerprint density at radius 3 is 2.10 bits per heavy atom. The second kappa shape index (κ2) is 10.6. The van der Waals surface area contributed by atoms with Gasteiger partial charge in [0, 0.05) is 29.5 Å². The smallest absolute Gasteiger partial charge is 0.174 e. The third-order valence-corrected chi connectivity index (χ3v) is 7.22. The normalized spacial score (nSPS) is 16.7. The molecule has 2 aromatic heterocycles. The molecule has 39 heavy (non-hydrogen) atoms. The number of thiocarbonyl (C=S) groups is 1. The van der Waals surface area contributed by atoms with Crippen molar-refractivity contribution in [3.63, 3.8) is 0 Å². The van der Waals surface area contributed by atoms with E-state index >= 15 is 0 Å². The molecule has 0 radical (unpaired) electrons. The summed E-state index contributed by atoms with van der Waals surface area (Å²) < 4.78 is 13.6. The van der Waals surface area contributed by atoms with Crippen molar-refractivity contribution in [3.05, 3.63) is 132 Å². The Bertz CT molecular complexity index is 1570. The molecule has 3 heterocycles. The summed E-state index contributed by atoms with van der Waals surface area (Å²) in [4.78, 5) is 6.85. The van der Waals surface area contributed by atoms with Crippen LogP contribution in [-0.4, -0.2) is 21.8 Å². The third kappa shape index (κ3) is 4.96. The van der Waals surface area contributed by atoms with Gasteiger partial charge in [-0.05, 0) is 104 Å². The second-order valence-corrected chi connectivity index (χ2v) is 9.79. The topological polar surface area (TPSA) is 51.5 Å². The number of anilines is 1. The van der Waals surface area contributed by atoms with E-state index in [1.807, 2.05) is 85.1 Å². The van der Waals surface area contributed by atoms with Crippen LogP contribution < -0.4 is 19.7 Å². The number of nitrogens with zero attached hydrogens (tertiary/aromatic N) is 3. The molecule has 0 spiro atoms. The number of benzene rings is 3. The van der Waals surface area contributed by atoms with Crippen LogP contribution in [0.25, 0.3) is 5.69 Å². The minimum Gasteiger partial charge on any atom is -0.497 e. The SMILES string of the molecule is COc1ccc(-n2cccc2[C@@H]2[C@H](c3ccccn3)NC(=S)N2c2ccc(Oc3ccc(C)cc3)cc2)cc1. The molecule has 0 amide bonds.